The molecule has 9 heteroatoms. The number of anilines is 1. The molecule has 4 aromatic heterocycles. The number of aromatic hydroxyl groups is 1. The summed E-state index contributed by atoms with van der Waals surface area (Å²) >= 11 is 7.23. The summed E-state index contributed by atoms with van der Waals surface area (Å²) in [4.78, 5) is 22.0. The normalized spacial score (nSPS) is 11.0. The first kappa shape index (κ1) is 17.4. The molecule has 0 fully saturated rings. The number of aryl methyl sites for hydroxylation is 1. The van der Waals surface area contributed by atoms with E-state index < -0.39 is 5.91 Å². The lowest BCUT2D eigenvalue weighted by Gasteiger charge is -2.04. The lowest BCUT2D eigenvalue weighted by atomic mass is 10.3. The van der Waals surface area contributed by atoms with Crippen molar-refractivity contribution in [2.75, 3.05) is 5.32 Å². The van der Waals surface area contributed by atoms with Gasteiger partial charge < -0.3 is 10.4 Å². The second kappa shape index (κ2) is 6.98. The van der Waals surface area contributed by atoms with Gasteiger partial charge in [-0.1, -0.05) is 23.7 Å². The molecule has 136 valence electrons. The van der Waals surface area contributed by atoms with Crippen molar-refractivity contribution >= 4 is 40.3 Å². The third-order valence-corrected chi connectivity index (χ3v) is 5.22. The number of carbonyl (C=O) groups excluding carboxylic acids is 1. The minimum absolute atomic E-state index is 0.131. The van der Waals surface area contributed by atoms with Gasteiger partial charge >= 0.3 is 11.8 Å². The number of halogens is 1. The molecule has 0 saturated carbocycles. The van der Waals surface area contributed by atoms with Gasteiger partial charge in [0.15, 0.2) is 4.47 Å². The van der Waals surface area contributed by atoms with Crippen LogP contribution in [0.2, 0.25) is 4.47 Å². The third kappa shape index (κ3) is 3.24. The molecule has 4 aromatic rings. The highest BCUT2D eigenvalue weighted by atomic mass is 35.5. The topological polar surface area (TPSA) is 83.4 Å². The summed E-state index contributed by atoms with van der Waals surface area (Å²) in [6, 6.07) is 9.11. The maximum Gasteiger partial charge on any atom is 0.337 e. The third-order valence-electron chi connectivity index (χ3n) is 4.12. The summed E-state index contributed by atoms with van der Waals surface area (Å²) in [6.45, 7) is 2.20. The molecule has 4 rings (SSSR count). The molecule has 0 radical (unpaired) electrons. The number of aromatic nitrogens is 4. The maximum absolute atomic E-state index is 12.9. The lowest BCUT2D eigenvalue weighted by molar-refractivity contribution is -0.667. The zero-order chi connectivity index (χ0) is 19.0. The molecule has 0 bridgehead atoms. The van der Waals surface area contributed by atoms with Crippen molar-refractivity contribution in [3.05, 3.63) is 69.5 Å². The molecule has 1 amide bonds. The number of carbonyl (C=O) groups is 1. The predicted octanol–water partition coefficient (Wildman–Crippen LogP) is 3.05. The van der Waals surface area contributed by atoms with E-state index in [4.69, 9.17) is 11.6 Å². The van der Waals surface area contributed by atoms with Crippen LogP contribution < -0.4 is 9.88 Å². The van der Waals surface area contributed by atoms with Crippen molar-refractivity contribution < 1.29 is 14.5 Å². The summed E-state index contributed by atoms with van der Waals surface area (Å²) in [5.74, 6) is -0.137. The van der Waals surface area contributed by atoms with Crippen molar-refractivity contribution in [1.82, 2.24) is 14.4 Å². The molecular formula is C18H15ClN5O2S+. The highest BCUT2D eigenvalue weighted by molar-refractivity contribution is 7.15. The fourth-order valence-corrected chi connectivity index (χ4v) is 3.82. The van der Waals surface area contributed by atoms with Crippen LogP contribution in [0.1, 0.15) is 20.9 Å². The van der Waals surface area contributed by atoms with E-state index in [1.165, 1.54) is 11.3 Å². The molecule has 0 atom stereocenters. The van der Waals surface area contributed by atoms with E-state index in [1.54, 1.807) is 39.7 Å². The smallest absolute Gasteiger partial charge is 0.337 e. The van der Waals surface area contributed by atoms with E-state index in [2.05, 4.69) is 15.3 Å². The van der Waals surface area contributed by atoms with Crippen LogP contribution in [-0.4, -0.2) is 25.4 Å². The van der Waals surface area contributed by atoms with Crippen molar-refractivity contribution in [3.63, 3.8) is 0 Å². The van der Waals surface area contributed by atoms with Gasteiger partial charge in [0.25, 0.3) is 11.3 Å². The van der Waals surface area contributed by atoms with Crippen LogP contribution in [0.3, 0.4) is 0 Å². The summed E-state index contributed by atoms with van der Waals surface area (Å²) in [7, 11) is 0. The van der Waals surface area contributed by atoms with Crippen LogP contribution in [-0.2, 0) is 6.54 Å². The van der Waals surface area contributed by atoms with Crippen molar-refractivity contribution in [1.29, 1.82) is 0 Å². The van der Waals surface area contributed by atoms with Crippen LogP contribution in [0.15, 0.2) is 48.9 Å². The van der Waals surface area contributed by atoms with Gasteiger partial charge in [0, 0.05) is 18.5 Å². The number of imidazole rings is 1. The fourth-order valence-electron chi connectivity index (χ4n) is 2.85. The van der Waals surface area contributed by atoms with Crippen LogP contribution in [0.5, 0.6) is 5.88 Å². The zero-order valence-corrected chi connectivity index (χ0v) is 15.8. The second-order valence-electron chi connectivity index (χ2n) is 5.89. The molecule has 0 spiro atoms. The first-order valence-corrected chi connectivity index (χ1v) is 9.29. The Morgan fingerprint density at radius 3 is 2.93 bits per heavy atom. The number of nitrogens with one attached hydrogen (secondary N) is 1. The molecule has 27 heavy (non-hydrogen) atoms. The Morgan fingerprint density at radius 2 is 2.19 bits per heavy atom. The number of fused-ring (bicyclic) bond motifs is 1. The number of hydrogen-bond donors (Lipinski definition) is 2. The number of thiazole rings is 1. The van der Waals surface area contributed by atoms with Gasteiger partial charge in [-0.15, -0.1) is 11.3 Å². The van der Waals surface area contributed by atoms with E-state index in [9.17, 15) is 9.90 Å². The van der Waals surface area contributed by atoms with Gasteiger partial charge in [-0.05, 0) is 24.6 Å². The molecule has 4 heterocycles. The zero-order valence-electron chi connectivity index (χ0n) is 14.3. The molecule has 0 aromatic carbocycles. The minimum atomic E-state index is -0.448. The highest BCUT2D eigenvalue weighted by Gasteiger charge is 2.31. The van der Waals surface area contributed by atoms with Crippen molar-refractivity contribution in [3.8, 4) is 5.88 Å². The number of pyridine rings is 2. The van der Waals surface area contributed by atoms with Crippen LogP contribution in [0.4, 0.5) is 5.82 Å². The Kier molecular flexibility index (Phi) is 4.51. The SMILES string of the molecule is Cc1cccnc1NC(=O)c1c(O)[n+](Cc2cnc(Cl)s2)c2ccccn12. The number of amides is 1. The Bertz CT molecular complexity index is 1150. The Labute approximate surface area is 163 Å². The Morgan fingerprint density at radius 1 is 1.33 bits per heavy atom. The highest BCUT2D eigenvalue weighted by Crippen LogP contribution is 2.22. The van der Waals surface area contributed by atoms with E-state index >= 15 is 0 Å². The first-order chi connectivity index (χ1) is 13.0. The maximum atomic E-state index is 12.9. The van der Waals surface area contributed by atoms with Crippen molar-refractivity contribution in [2.24, 2.45) is 0 Å². The van der Waals surface area contributed by atoms with E-state index in [0.29, 0.717) is 22.5 Å². The fraction of sp³-hybridized carbons (Fsp3) is 0.111. The average Bonchev–Trinajstić information content (AvgIpc) is 3.19. The summed E-state index contributed by atoms with van der Waals surface area (Å²) in [5.41, 5.74) is 1.63. The summed E-state index contributed by atoms with van der Waals surface area (Å²) < 4.78 is 3.72. The molecule has 0 aliphatic rings. The van der Waals surface area contributed by atoms with Crippen LogP contribution in [0.25, 0.3) is 5.65 Å². The van der Waals surface area contributed by atoms with Gasteiger partial charge in [0.05, 0.1) is 11.1 Å². The molecule has 2 N–H and O–H groups in total. The number of nitrogens with zero attached hydrogens (tertiary/aromatic N) is 4. The summed E-state index contributed by atoms with van der Waals surface area (Å²) in [5, 5.41) is 13.6. The average molecular weight is 401 g/mol. The number of hydrogen-bond acceptors (Lipinski definition) is 5. The van der Waals surface area contributed by atoms with Gasteiger partial charge in [-0.3, -0.25) is 4.79 Å². The molecule has 0 saturated heterocycles. The van der Waals surface area contributed by atoms with Gasteiger partial charge in [0.1, 0.15) is 12.4 Å². The standard InChI is InChI=1S/C18H14ClN5O2S/c1-11-5-4-7-20-15(11)22-16(25)14-17(26)24(10-12-9-21-18(19)27-12)13-6-2-3-8-23(13)14/h2-9H,10H2,1H3,(H-,20,22,25,26)/p+1. The van der Waals surface area contributed by atoms with Gasteiger partial charge in [-0.2, -0.15) is 8.97 Å². The van der Waals surface area contributed by atoms with E-state index in [-0.39, 0.29) is 11.6 Å². The Hall–Kier alpha value is -2.97. The van der Waals surface area contributed by atoms with Crippen molar-refractivity contribution in [2.45, 2.75) is 13.5 Å². The van der Waals surface area contributed by atoms with Crippen LogP contribution in [0, 0.1) is 6.92 Å². The molecule has 0 unspecified atom stereocenters. The largest absolute Gasteiger partial charge is 0.474 e. The van der Waals surface area contributed by atoms with E-state index in [1.807, 2.05) is 25.1 Å². The first-order valence-electron chi connectivity index (χ1n) is 8.09. The van der Waals surface area contributed by atoms with E-state index in [0.717, 1.165) is 10.4 Å². The molecule has 0 aliphatic heterocycles. The monoisotopic (exact) mass is 400 g/mol. The minimum Gasteiger partial charge on any atom is -0.474 e. The molecular weight excluding hydrogens is 386 g/mol. The predicted molar refractivity (Wildman–Crippen MR) is 102 cm³/mol. The van der Waals surface area contributed by atoms with Gasteiger partial charge in [-0.25, -0.2) is 9.97 Å². The van der Waals surface area contributed by atoms with Gasteiger partial charge in [0.2, 0.25) is 0 Å². The van der Waals surface area contributed by atoms with Crippen LogP contribution >= 0.6 is 22.9 Å². The Balaban J connectivity index is 1.78. The molecule has 0 aliphatic carbocycles. The molecule has 7 nitrogen and oxygen atoms in total. The second-order valence-corrected chi connectivity index (χ2v) is 7.59. The lowest BCUT2D eigenvalue weighted by Crippen LogP contribution is -2.33. The quantitative estimate of drug-likeness (QED) is 0.516. The summed E-state index contributed by atoms with van der Waals surface area (Å²) in [6.07, 6.45) is 4.99. The number of rotatable bonds is 4.